The lowest BCUT2D eigenvalue weighted by atomic mass is 9.99. The largest absolute Gasteiger partial charge is 0.455 e. The number of alkyl halides is 5. The minimum atomic E-state index is -5.87. The molecule has 2 aliphatic rings. The molecule has 2 aromatic heterocycles. The molecule has 4 rings (SSSR count). The number of fused-ring (bicyclic) bond motifs is 1. The molecule has 0 unspecified atom stereocenters. The predicted molar refractivity (Wildman–Crippen MR) is 92.5 cm³/mol. The number of amides is 1. The molecule has 162 valence electrons. The fraction of sp³-hybridized carbons (Fsp3) is 0.368. The Bertz CT molecular complexity index is 1110. The van der Waals surface area contributed by atoms with Gasteiger partial charge in [0, 0.05) is 11.8 Å². The highest BCUT2D eigenvalue weighted by Gasteiger charge is 2.59. The molecule has 3 heterocycles. The summed E-state index contributed by atoms with van der Waals surface area (Å²) < 4.78 is 83.9. The Kier molecular flexibility index (Phi) is 4.60. The quantitative estimate of drug-likeness (QED) is 0.652. The predicted octanol–water partition coefficient (Wildman–Crippen LogP) is 4.49. The Morgan fingerprint density at radius 1 is 1.16 bits per heavy atom. The van der Waals surface area contributed by atoms with E-state index in [1.54, 1.807) is 0 Å². The lowest BCUT2D eigenvalue weighted by Gasteiger charge is -2.32. The van der Waals surface area contributed by atoms with Crippen molar-refractivity contribution in [2.24, 2.45) is 0 Å². The van der Waals surface area contributed by atoms with Gasteiger partial charge in [0.2, 0.25) is 0 Å². The van der Waals surface area contributed by atoms with Gasteiger partial charge in [0.1, 0.15) is 18.8 Å². The van der Waals surface area contributed by atoms with Crippen molar-refractivity contribution in [1.29, 1.82) is 5.26 Å². The fourth-order valence-electron chi connectivity index (χ4n) is 3.21. The Hall–Kier alpha value is -3.36. The summed E-state index contributed by atoms with van der Waals surface area (Å²) in [5, 5.41) is 9.21. The van der Waals surface area contributed by atoms with Gasteiger partial charge in [-0.15, -0.1) is 0 Å². The Labute approximate surface area is 171 Å². The van der Waals surface area contributed by atoms with Gasteiger partial charge in [0.05, 0.1) is 29.1 Å². The molecule has 0 saturated heterocycles. The van der Waals surface area contributed by atoms with Gasteiger partial charge in [-0.2, -0.15) is 27.2 Å². The van der Waals surface area contributed by atoms with Gasteiger partial charge in [-0.05, 0) is 30.5 Å². The van der Waals surface area contributed by atoms with E-state index in [0.29, 0.717) is 18.4 Å². The summed E-state index contributed by atoms with van der Waals surface area (Å²) in [6.45, 7) is -2.41. The van der Waals surface area contributed by atoms with Crippen LogP contribution in [0, 0.1) is 17.1 Å². The van der Waals surface area contributed by atoms with Gasteiger partial charge in [0.15, 0.2) is 5.82 Å². The maximum absolute atomic E-state index is 14.6. The highest BCUT2D eigenvalue weighted by molar-refractivity contribution is 5.90. The van der Waals surface area contributed by atoms with Crippen molar-refractivity contribution in [3.05, 3.63) is 41.5 Å². The van der Waals surface area contributed by atoms with E-state index >= 15 is 0 Å². The number of ether oxygens (including phenoxy) is 1. The van der Waals surface area contributed by atoms with E-state index in [2.05, 4.69) is 16.0 Å². The number of halogens is 6. The van der Waals surface area contributed by atoms with Crippen molar-refractivity contribution < 1.29 is 35.9 Å². The normalized spacial score (nSPS) is 17.6. The molecule has 0 aromatic carbocycles. The van der Waals surface area contributed by atoms with Gasteiger partial charge in [0.25, 0.3) is 0 Å². The average molecular weight is 442 g/mol. The summed E-state index contributed by atoms with van der Waals surface area (Å²) >= 11 is 0. The molecular weight excluding hydrogens is 430 g/mol. The minimum Gasteiger partial charge on any atom is -0.444 e. The number of nitrogens with zero attached hydrogens (tertiary/aromatic N) is 4. The Balaban J connectivity index is 1.66. The van der Waals surface area contributed by atoms with Gasteiger partial charge in [-0.1, -0.05) is 0 Å². The van der Waals surface area contributed by atoms with Crippen LogP contribution in [0.3, 0.4) is 0 Å². The first-order valence-corrected chi connectivity index (χ1v) is 8.93. The third-order valence-corrected chi connectivity index (χ3v) is 5.20. The van der Waals surface area contributed by atoms with E-state index in [0.717, 1.165) is 12.3 Å². The molecule has 1 fully saturated rings. The first kappa shape index (κ1) is 20.9. The smallest absolute Gasteiger partial charge is 0.444 e. The van der Waals surface area contributed by atoms with Crippen LogP contribution in [-0.2, 0) is 16.8 Å². The Morgan fingerprint density at radius 2 is 1.87 bits per heavy atom. The van der Waals surface area contributed by atoms with E-state index in [-0.39, 0.29) is 27.5 Å². The number of aromatic nitrogens is 2. The van der Waals surface area contributed by atoms with Crippen LogP contribution in [-0.4, -0.2) is 34.7 Å². The van der Waals surface area contributed by atoms with Crippen molar-refractivity contribution in [3.63, 3.8) is 0 Å². The summed E-state index contributed by atoms with van der Waals surface area (Å²) in [5.41, 5.74) is -0.822. The standard InChI is InChI=1S/C19H12F6N4O2/c20-12-4-11(17(8-26)1-2-17)5-28-15(12)13-3-10-7-31-16(30)29(14(10)6-27-13)9-18(21,22)19(23,24)25/h3-6H,1-2,7,9H2. The lowest BCUT2D eigenvalue weighted by Crippen LogP contribution is -2.50. The topological polar surface area (TPSA) is 79.1 Å². The Morgan fingerprint density at radius 3 is 2.45 bits per heavy atom. The first-order valence-electron chi connectivity index (χ1n) is 8.93. The third-order valence-electron chi connectivity index (χ3n) is 5.20. The van der Waals surface area contributed by atoms with Gasteiger partial charge < -0.3 is 4.74 Å². The number of carbonyl (C=O) groups is 1. The fourth-order valence-corrected chi connectivity index (χ4v) is 3.21. The SMILES string of the molecule is N#CC1(c2cnc(-c3cc4c(cn3)N(CC(F)(F)C(F)(F)F)C(=O)OC4)c(F)c2)CC1. The number of pyridine rings is 2. The molecule has 1 saturated carbocycles. The van der Waals surface area contributed by atoms with Crippen LogP contribution in [0.1, 0.15) is 24.0 Å². The molecule has 2 aromatic rings. The second-order valence-electron chi connectivity index (χ2n) is 7.29. The molecule has 12 heteroatoms. The molecule has 0 bridgehead atoms. The van der Waals surface area contributed by atoms with Gasteiger partial charge >= 0.3 is 18.2 Å². The number of cyclic esters (lactones) is 1. The molecular formula is C19H12F6N4O2. The number of nitriles is 1. The zero-order valence-electron chi connectivity index (χ0n) is 15.5. The second kappa shape index (κ2) is 6.83. The first-order chi connectivity index (χ1) is 14.5. The van der Waals surface area contributed by atoms with Crippen LogP contribution in [0.15, 0.2) is 24.5 Å². The minimum absolute atomic E-state index is 0.0370. The highest BCUT2D eigenvalue weighted by atomic mass is 19.4. The molecule has 0 atom stereocenters. The van der Waals surface area contributed by atoms with Gasteiger partial charge in [-0.25, -0.2) is 9.18 Å². The zero-order chi connectivity index (χ0) is 22.6. The van der Waals surface area contributed by atoms with E-state index in [1.165, 1.54) is 12.3 Å². The molecule has 0 radical (unpaired) electrons. The van der Waals surface area contributed by atoms with Crippen molar-refractivity contribution in [1.82, 2.24) is 9.97 Å². The third kappa shape index (κ3) is 3.54. The number of anilines is 1. The van der Waals surface area contributed by atoms with Crippen LogP contribution < -0.4 is 4.90 Å². The molecule has 0 spiro atoms. The van der Waals surface area contributed by atoms with Crippen molar-refractivity contribution in [3.8, 4) is 17.5 Å². The van der Waals surface area contributed by atoms with E-state index in [1.807, 2.05) is 0 Å². The monoisotopic (exact) mass is 442 g/mol. The molecule has 31 heavy (non-hydrogen) atoms. The van der Waals surface area contributed by atoms with Gasteiger partial charge in [-0.3, -0.25) is 14.9 Å². The number of hydrogen-bond acceptors (Lipinski definition) is 5. The van der Waals surface area contributed by atoms with E-state index < -0.39 is 42.6 Å². The highest BCUT2D eigenvalue weighted by Crippen LogP contribution is 2.47. The van der Waals surface area contributed by atoms with Crippen molar-refractivity contribution >= 4 is 11.8 Å². The van der Waals surface area contributed by atoms with Crippen LogP contribution in [0.4, 0.5) is 36.8 Å². The molecule has 1 aliphatic carbocycles. The second-order valence-corrected chi connectivity index (χ2v) is 7.29. The van der Waals surface area contributed by atoms with Crippen LogP contribution in [0.5, 0.6) is 0 Å². The summed E-state index contributed by atoms with van der Waals surface area (Å²) in [7, 11) is 0. The van der Waals surface area contributed by atoms with Crippen molar-refractivity contribution in [2.45, 2.75) is 37.0 Å². The van der Waals surface area contributed by atoms with Crippen LogP contribution in [0.2, 0.25) is 0 Å². The molecule has 0 N–H and O–H groups in total. The average Bonchev–Trinajstić information content (AvgIpc) is 3.50. The summed E-state index contributed by atoms with van der Waals surface area (Å²) in [6.07, 6.45) is -3.84. The van der Waals surface area contributed by atoms with E-state index in [4.69, 9.17) is 4.74 Å². The number of rotatable bonds is 4. The maximum atomic E-state index is 14.6. The maximum Gasteiger partial charge on any atom is 0.455 e. The summed E-state index contributed by atoms with van der Waals surface area (Å²) in [6, 6.07) is 4.48. The molecule has 1 amide bonds. The number of hydrogen-bond donors (Lipinski definition) is 0. The zero-order valence-corrected chi connectivity index (χ0v) is 15.5. The van der Waals surface area contributed by atoms with Crippen molar-refractivity contribution in [2.75, 3.05) is 11.4 Å². The summed E-state index contributed by atoms with van der Waals surface area (Å²) in [4.78, 5) is 19.8. The molecule has 1 aliphatic heterocycles. The summed E-state index contributed by atoms with van der Waals surface area (Å²) in [5.74, 6) is -5.96. The van der Waals surface area contributed by atoms with E-state index in [9.17, 15) is 36.4 Å². The number of carbonyl (C=O) groups excluding carboxylic acids is 1. The lowest BCUT2D eigenvalue weighted by molar-refractivity contribution is -0.276. The molecule has 6 nitrogen and oxygen atoms in total. The van der Waals surface area contributed by atoms with Crippen LogP contribution >= 0.6 is 0 Å². The van der Waals surface area contributed by atoms with Crippen LogP contribution in [0.25, 0.3) is 11.4 Å².